The average molecular weight is 767 g/mol. The Bertz CT molecular complexity index is 3530. The van der Waals surface area contributed by atoms with Crippen molar-refractivity contribution in [2.75, 3.05) is 0 Å². The molecule has 0 saturated heterocycles. The predicted octanol–water partition coefficient (Wildman–Crippen LogP) is 13.3. The van der Waals surface area contributed by atoms with Crippen LogP contribution in [0.3, 0.4) is 0 Å². The van der Waals surface area contributed by atoms with Crippen LogP contribution in [0.25, 0.3) is 111 Å². The van der Waals surface area contributed by atoms with E-state index < -0.39 is 0 Å². The molecule has 0 atom stereocenters. The Kier molecular flexibility index (Phi) is 7.74. The maximum atomic E-state index is 5.35. The quantitative estimate of drug-likeness (QED) is 0.169. The Hall–Kier alpha value is -8.22. The van der Waals surface area contributed by atoms with Crippen molar-refractivity contribution in [2.24, 2.45) is 0 Å². The summed E-state index contributed by atoms with van der Waals surface area (Å²) in [6, 6.07) is 71.9. The topological polar surface area (TPSA) is 61.4 Å². The van der Waals surface area contributed by atoms with Gasteiger partial charge in [0.05, 0.1) is 33.3 Å². The Morgan fingerprint density at radius 3 is 1.43 bits per heavy atom. The van der Waals surface area contributed by atoms with Crippen molar-refractivity contribution in [1.29, 1.82) is 0 Å². The van der Waals surface area contributed by atoms with Gasteiger partial charge in [0, 0.05) is 60.6 Å². The van der Waals surface area contributed by atoms with Crippen LogP contribution in [0.15, 0.2) is 206 Å². The van der Waals surface area contributed by atoms with E-state index in [-0.39, 0.29) is 0 Å². The minimum atomic E-state index is 0.602. The molecule has 0 radical (unpaired) electrons. The normalized spacial score (nSPS) is 11.7. The molecule has 280 valence electrons. The number of aromatic nitrogens is 6. The largest absolute Gasteiger partial charge is 0.309 e. The number of nitrogens with zero attached hydrogens (tertiary/aromatic N) is 6. The van der Waals surface area contributed by atoms with Crippen molar-refractivity contribution in [3.8, 4) is 56.8 Å². The number of fused-ring (bicyclic) bond motifs is 8. The lowest BCUT2D eigenvalue weighted by Gasteiger charge is -2.12. The van der Waals surface area contributed by atoms with Crippen LogP contribution < -0.4 is 0 Å². The summed E-state index contributed by atoms with van der Waals surface area (Å²) in [5, 5.41) is 5.83. The first kappa shape index (κ1) is 33.9. The van der Waals surface area contributed by atoms with E-state index in [4.69, 9.17) is 19.9 Å². The van der Waals surface area contributed by atoms with Gasteiger partial charge in [-0.15, -0.1) is 0 Å². The van der Waals surface area contributed by atoms with E-state index >= 15 is 0 Å². The van der Waals surface area contributed by atoms with Crippen molar-refractivity contribution >= 4 is 54.5 Å². The van der Waals surface area contributed by atoms with E-state index in [9.17, 15) is 0 Å². The molecule has 8 aromatic carbocycles. The molecule has 4 heterocycles. The first-order chi connectivity index (χ1) is 29.8. The monoisotopic (exact) mass is 766 g/mol. The molecule has 6 heteroatoms. The fraction of sp³-hybridized carbons (Fsp3) is 0. The van der Waals surface area contributed by atoms with Crippen molar-refractivity contribution in [1.82, 2.24) is 29.1 Å². The van der Waals surface area contributed by atoms with Gasteiger partial charge in [-0.05, 0) is 48.5 Å². The standard InChI is InChI=1S/C54H34N6/c1-3-16-36(17-4-1)52-56-53(58-54(57-52)38-18-15-21-40(34-38)59-46-27-12-8-22-41(46)42-23-9-13-28-47(42)59)37-32-30-35(31-33-37)50-49-44-25-10-14-29-48(44)60(39-19-5-2-6-20-39)51(49)43-24-7-11-26-45(43)55-50/h1-34H. The predicted molar refractivity (Wildman–Crippen MR) is 246 cm³/mol. The summed E-state index contributed by atoms with van der Waals surface area (Å²) in [5.74, 6) is 1.83. The highest BCUT2D eigenvalue weighted by Gasteiger charge is 2.21. The third-order valence-electron chi connectivity index (χ3n) is 11.5. The second-order valence-corrected chi connectivity index (χ2v) is 15.1. The lowest BCUT2D eigenvalue weighted by molar-refractivity contribution is 1.07. The molecule has 12 rings (SSSR count). The summed E-state index contributed by atoms with van der Waals surface area (Å²) in [7, 11) is 0. The van der Waals surface area contributed by atoms with Crippen molar-refractivity contribution in [2.45, 2.75) is 0 Å². The van der Waals surface area contributed by atoms with E-state index in [1.165, 1.54) is 10.8 Å². The Morgan fingerprint density at radius 1 is 0.300 bits per heavy atom. The second-order valence-electron chi connectivity index (χ2n) is 15.1. The van der Waals surface area contributed by atoms with Crippen molar-refractivity contribution in [3.63, 3.8) is 0 Å². The maximum Gasteiger partial charge on any atom is 0.164 e. The summed E-state index contributed by atoms with van der Waals surface area (Å²) in [6.07, 6.45) is 0. The van der Waals surface area contributed by atoms with Crippen molar-refractivity contribution < 1.29 is 0 Å². The van der Waals surface area contributed by atoms with Gasteiger partial charge in [0.2, 0.25) is 0 Å². The van der Waals surface area contributed by atoms with Crippen LogP contribution in [0.5, 0.6) is 0 Å². The SMILES string of the molecule is c1ccc(-c2nc(-c3ccc(-c4nc5ccccc5c5c4c4ccccc4n5-c4ccccc4)cc3)nc(-c3cccc(-n4c5ccccc5c5ccccc54)c3)n2)cc1. The van der Waals surface area contributed by atoms with Crippen LogP contribution in [0.2, 0.25) is 0 Å². The van der Waals surface area contributed by atoms with Gasteiger partial charge in [-0.2, -0.15) is 0 Å². The van der Waals surface area contributed by atoms with Crippen LogP contribution in [-0.2, 0) is 0 Å². The van der Waals surface area contributed by atoms with Crippen LogP contribution in [0.4, 0.5) is 0 Å². The lowest BCUT2D eigenvalue weighted by Crippen LogP contribution is -2.01. The summed E-state index contributed by atoms with van der Waals surface area (Å²) < 4.78 is 4.70. The molecule has 0 spiro atoms. The zero-order valence-electron chi connectivity index (χ0n) is 32.3. The summed E-state index contributed by atoms with van der Waals surface area (Å²) >= 11 is 0. The van der Waals surface area contributed by atoms with Crippen LogP contribution in [-0.4, -0.2) is 29.1 Å². The summed E-state index contributed by atoms with van der Waals surface area (Å²) in [6.45, 7) is 0. The first-order valence-corrected chi connectivity index (χ1v) is 20.2. The number of pyridine rings is 1. The number of benzene rings is 8. The molecular formula is C54H34N6. The zero-order chi connectivity index (χ0) is 39.6. The molecule has 0 saturated carbocycles. The highest BCUT2D eigenvalue weighted by Crippen LogP contribution is 2.41. The smallest absolute Gasteiger partial charge is 0.164 e. The molecule has 0 aliphatic carbocycles. The molecule has 0 unspecified atom stereocenters. The molecule has 4 aromatic heterocycles. The molecule has 6 nitrogen and oxygen atoms in total. The number of para-hydroxylation sites is 5. The molecule has 0 aliphatic heterocycles. The van der Waals surface area contributed by atoms with Crippen LogP contribution in [0, 0.1) is 0 Å². The van der Waals surface area contributed by atoms with Gasteiger partial charge in [0.25, 0.3) is 0 Å². The van der Waals surface area contributed by atoms with E-state index in [1.807, 2.05) is 30.3 Å². The summed E-state index contributed by atoms with van der Waals surface area (Å²) in [5.41, 5.74) is 12.4. The molecule has 0 N–H and O–H groups in total. The highest BCUT2D eigenvalue weighted by molar-refractivity contribution is 6.22. The van der Waals surface area contributed by atoms with Gasteiger partial charge < -0.3 is 9.13 Å². The molecule has 0 bridgehead atoms. The third kappa shape index (κ3) is 5.42. The Labute approximate surface area is 345 Å². The van der Waals surface area contributed by atoms with E-state index in [0.29, 0.717) is 17.5 Å². The first-order valence-electron chi connectivity index (χ1n) is 20.2. The van der Waals surface area contributed by atoms with Gasteiger partial charge in [0.1, 0.15) is 0 Å². The Morgan fingerprint density at radius 2 is 0.767 bits per heavy atom. The van der Waals surface area contributed by atoms with Crippen LogP contribution >= 0.6 is 0 Å². The zero-order valence-corrected chi connectivity index (χ0v) is 32.3. The molecule has 60 heavy (non-hydrogen) atoms. The molecular weight excluding hydrogens is 733 g/mol. The number of hydrogen-bond acceptors (Lipinski definition) is 4. The van der Waals surface area contributed by atoms with E-state index in [0.717, 1.165) is 83.1 Å². The molecule has 0 amide bonds. The lowest BCUT2D eigenvalue weighted by atomic mass is 10.0. The van der Waals surface area contributed by atoms with Crippen molar-refractivity contribution in [3.05, 3.63) is 206 Å². The molecule has 12 aromatic rings. The maximum absolute atomic E-state index is 5.35. The summed E-state index contributed by atoms with van der Waals surface area (Å²) in [4.78, 5) is 20.7. The third-order valence-corrected chi connectivity index (χ3v) is 11.5. The van der Waals surface area contributed by atoms with Gasteiger partial charge >= 0.3 is 0 Å². The highest BCUT2D eigenvalue weighted by atomic mass is 15.0. The van der Waals surface area contributed by atoms with Crippen LogP contribution in [0.1, 0.15) is 0 Å². The van der Waals surface area contributed by atoms with Gasteiger partial charge in [-0.25, -0.2) is 19.9 Å². The Balaban J connectivity index is 1.01. The minimum Gasteiger partial charge on any atom is -0.309 e. The fourth-order valence-corrected chi connectivity index (χ4v) is 8.85. The van der Waals surface area contributed by atoms with Gasteiger partial charge in [0.15, 0.2) is 17.5 Å². The molecule has 0 fully saturated rings. The number of rotatable bonds is 6. The van der Waals surface area contributed by atoms with Gasteiger partial charge in [-0.1, -0.05) is 158 Å². The van der Waals surface area contributed by atoms with E-state index in [1.54, 1.807) is 0 Å². The fourth-order valence-electron chi connectivity index (χ4n) is 8.85. The average Bonchev–Trinajstić information content (AvgIpc) is 3.86. The molecule has 0 aliphatic rings. The van der Waals surface area contributed by atoms with Gasteiger partial charge in [-0.3, -0.25) is 0 Å². The number of hydrogen-bond donors (Lipinski definition) is 0. The second kappa shape index (κ2) is 13.7. The van der Waals surface area contributed by atoms with E-state index in [2.05, 4.69) is 185 Å². The minimum absolute atomic E-state index is 0.602.